The van der Waals surface area contributed by atoms with Crippen molar-refractivity contribution in [2.24, 2.45) is 29.4 Å². The van der Waals surface area contributed by atoms with Crippen molar-refractivity contribution in [2.75, 3.05) is 39.3 Å². The molecule has 0 bridgehead atoms. The molecule has 0 spiro atoms. The number of hydrogen-bond acceptors (Lipinski definition) is 3. The average Bonchev–Trinajstić information content (AvgIpc) is 3.27. The van der Waals surface area contributed by atoms with Crippen molar-refractivity contribution >= 4 is 0 Å². The summed E-state index contributed by atoms with van der Waals surface area (Å²) in [6, 6.07) is 0.449. The molecule has 1 saturated heterocycles. The fraction of sp³-hybridized carbons (Fsp3) is 1.00. The van der Waals surface area contributed by atoms with Crippen molar-refractivity contribution in [3.05, 3.63) is 0 Å². The highest BCUT2D eigenvalue weighted by atomic mass is 15.3. The van der Waals surface area contributed by atoms with Crippen LogP contribution in [0.4, 0.5) is 0 Å². The SMILES string of the molecule is CC(C)C1CCC(N)C(CN2CCN(CC3CC3)CC2)C1. The van der Waals surface area contributed by atoms with E-state index in [0.29, 0.717) is 6.04 Å². The van der Waals surface area contributed by atoms with Gasteiger partial charge in [-0.1, -0.05) is 13.8 Å². The number of piperazine rings is 1. The van der Waals surface area contributed by atoms with Gasteiger partial charge >= 0.3 is 0 Å². The van der Waals surface area contributed by atoms with Gasteiger partial charge in [-0.25, -0.2) is 0 Å². The van der Waals surface area contributed by atoms with Gasteiger partial charge < -0.3 is 15.5 Å². The third-order valence-electron chi connectivity index (χ3n) is 6.20. The van der Waals surface area contributed by atoms with Gasteiger partial charge in [0.1, 0.15) is 0 Å². The summed E-state index contributed by atoms with van der Waals surface area (Å²) < 4.78 is 0. The van der Waals surface area contributed by atoms with Gasteiger partial charge in [0.2, 0.25) is 0 Å². The summed E-state index contributed by atoms with van der Waals surface area (Å²) in [5.74, 6) is 3.51. The molecular weight excluding hydrogens is 258 g/mol. The first kappa shape index (κ1) is 15.8. The average molecular weight is 293 g/mol. The Morgan fingerprint density at radius 1 is 0.905 bits per heavy atom. The van der Waals surface area contributed by atoms with Crippen LogP contribution in [0.15, 0.2) is 0 Å². The standard InChI is InChI=1S/C18H35N3/c1-14(2)16-5-6-18(19)17(11-16)13-21-9-7-20(8-10-21)12-15-3-4-15/h14-18H,3-13,19H2,1-2H3. The zero-order valence-electron chi connectivity index (χ0n) is 14.1. The molecule has 2 saturated carbocycles. The minimum Gasteiger partial charge on any atom is -0.327 e. The van der Waals surface area contributed by atoms with E-state index in [2.05, 4.69) is 23.6 Å². The van der Waals surface area contributed by atoms with Crippen LogP contribution in [0.3, 0.4) is 0 Å². The molecular formula is C18H35N3. The summed E-state index contributed by atoms with van der Waals surface area (Å²) in [6.45, 7) is 12.5. The molecule has 0 amide bonds. The van der Waals surface area contributed by atoms with Gasteiger partial charge in [-0.05, 0) is 55.8 Å². The molecule has 1 heterocycles. The third-order valence-corrected chi connectivity index (χ3v) is 6.20. The van der Waals surface area contributed by atoms with Crippen LogP contribution in [-0.4, -0.2) is 55.1 Å². The Bertz CT molecular complexity index is 318. The smallest absolute Gasteiger partial charge is 0.0110 e. The van der Waals surface area contributed by atoms with Crippen LogP contribution in [-0.2, 0) is 0 Å². The highest BCUT2D eigenvalue weighted by Gasteiger charge is 2.32. The topological polar surface area (TPSA) is 32.5 Å². The van der Waals surface area contributed by atoms with Crippen molar-refractivity contribution in [3.63, 3.8) is 0 Å². The molecule has 3 atom stereocenters. The van der Waals surface area contributed by atoms with E-state index in [4.69, 9.17) is 5.73 Å². The molecule has 3 unspecified atom stereocenters. The zero-order chi connectivity index (χ0) is 14.8. The summed E-state index contributed by atoms with van der Waals surface area (Å²) in [4.78, 5) is 5.38. The Kier molecular flexibility index (Phi) is 5.23. The molecule has 3 aliphatic rings. The minimum atomic E-state index is 0.449. The Morgan fingerprint density at radius 3 is 2.10 bits per heavy atom. The molecule has 3 rings (SSSR count). The molecule has 2 aliphatic carbocycles. The largest absolute Gasteiger partial charge is 0.327 e. The predicted octanol–water partition coefficient (Wildman–Crippen LogP) is 2.41. The van der Waals surface area contributed by atoms with E-state index in [1.807, 2.05) is 0 Å². The lowest BCUT2D eigenvalue weighted by Gasteiger charge is -2.41. The summed E-state index contributed by atoms with van der Waals surface area (Å²) in [5, 5.41) is 0. The van der Waals surface area contributed by atoms with E-state index in [1.54, 1.807) is 0 Å². The summed E-state index contributed by atoms with van der Waals surface area (Å²) in [5.41, 5.74) is 6.42. The Hall–Kier alpha value is -0.120. The zero-order valence-corrected chi connectivity index (χ0v) is 14.1. The maximum absolute atomic E-state index is 6.42. The van der Waals surface area contributed by atoms with Gasteiger partial charge in [-0.15, -0.1) is 0 Å². The molecule has 0 aromatic rings. The third kappa shape index (κ3) is 4.43. The fourth-order valence-electron chi connectivity index (χ4n) is 4.29. The lowest BCUT2D eigenvalue weighted by Crippen LogP contribution is -2.51. The van der Waals surface area contributed by atoms with Gasteiger partial charge in [0.15, 0.2) is 0 Å². The Balaban J connectivity index is 1.42. The van der Waals surface area contributed by atoms with E-state index in [0.717, 1.165) is 23.7 Å². The first-order valence-corrected chi connectivity index (χ1v) is 9.32. The van der Waals surface area contributed by atoms with Crippen LogP contribution in [0.2, 0.25) is 0 Å². The number of nitrogens with zero attached hydrogens (tertiary/aromatic N) is 2. The molecule has 21 heavy (non-hydrogen) atoms. The van der Waals surface area contributed by atoms with Crippen LogP contribution in [0.1, 0.15) is 46.0 Å². The van der Waals surface area contributed by atoms with Crippen molar-refractivity contribution in [1.82, 2.24) is 9.80 Å². The highest BCUT2D eigenvalue weighted by Crippen LogP contribution is 2.34. The molecule has 122 valence electrons. The quantitative estimate of drug-likeness (QED) is 0.845. The molecule has 1 aliphatic heterocycles. The van der Waals surface area contributed by atoms with Crippen LogP contribution >= 0.6 is 0 Å². The lowest BCUT2D eigenvalue weighted by molar-refractivity contribution is 0.0871. The van der Waals surface area contributed by atoms with E-state index in [-0.39, 0.29) is 0 Å². The van der Waals surface area contributed by atoms with Crippen LogP contribution < -0.4 is 5.73 Å². The summed E-state index contributed by atoms with van der Waals surface area (Å²) in [6.07, 6.45) is 6.92. The van der Waals surface area contributed by atoms with E-state index >= 15 is 0 Å². The summed E-state index contributed by atoms with van der Waals surface area (Å²) in [7, 11) is 0. The van der Waals surface area contributed by atoms with E-state index in [1.165, 1.54) is 71.4 Å². The maximum Gasteiger partial charge on any atom is 0.0110 e. The van der Waals surface area contributed by atoms with Crippen LogP contribution in [0.25, 0.3) is 0 Å². The first-order chi connectivity index (χ1) is 10.1. The molecule has 2 N–H and O–H groups in total. The molecule has 0 radical (unpaired) electrons. The molecule has 3 fully saturated rings. The van der Waals surface area contributed by atoms with Crippen molar-refractivity contribution in [2.45, 2.75) is 52.0 Å². The second-order valence-electron chi connectivity index (χ2n) is 8.29. The number of nitrogens with two attached hydrogens (primary N) is 1. The molecule has 3 heteroatoms. The maximum atomic E-state index is 6.42. The predicted molar refractivity (Wildman–Crippen MR) is 89.2 cm³/mol. The number of rotatable bonds is 5. The van der Waals surface area contributed by atoms with Crippen molar-refractivity contribution < 1.29 is 0 Å². The van der Waals surface area contributed by atoms with Crippen molar-refractivity contribution in [1.29, 1.82) is 0 Å². The number of hydrogen-bond donors (Lipinski definition) is 1. The fourth-order valence-corrected chi connectivity index (χ4v) is 4.29. The van der Waals surface area contributed by atoms with Crippen molar-refractivity contribution in [3.8, 4) is 0 Å². The van der Waals surface area contributed by atoms with Gasteiger partial charge in [0.05, 0.1) is 0 Å². The molecule has 0 aromatic carbocycles. The van der Waals surface area contributed by atoms with Gasteiger partial charge in [0, 0.05) is 45.3 Å². The normalized spacial score (nSPS) is 36.3. The van der Waals surface area contributed by atoms with Gasteiger partial charge in [0.25, 0.3) is 0 Å². The van der Waals surface area contributed by atoms with E-state index in [9.17, 15) is 0 Å². The molecule has 3 nitrogen and oxygen atoms in total. The van der Waals surface area contributed by atoms with Gasteiger partial charge in [-0.3, -0.25) is 0 Å². The second-order valence-corrected chi connectivity index (χ2v) is 8.29. The minimum absolute atomic E-state index is 0.449. The Morgan fingerprint density at radius 2 is 1.52 bits per heavy atom. The molecule has 0 aromatic heterocycles. The van der Waals surface area contributed by atoms with Crippen LogP contribution in [0.5, 0.6) is 0 Å². The summed E-state index contributed by atoms with van der Waals surface area (Å²) >= 11 is 0. The first-order valence-electron chi connectivity index (χ1n) is 9.32. The lowest BCUT2D eigenvalue weighted by atomic mass is 9.73. The second kappa shape index (κ2) is 6.97. The monoisotopic (exact) mass is 293 g/mol. The van der Waals surface area contributed by atoms with Gasteiger partial charge in [-0.2, -0.15) is 0 Å². The van der Waals surface area contributed by atoms with Crippen LogP contribution in [0, 0.1) is 23.7 Å². The van der Waals surface area contributed by atoms with E-state index < -0.39 is 0 Å². The highest BCUT2D eigenvalue weighted by molar-refractivity contribution is 4.87. The Labute approximate surface area is 131 Å².